The number of aromatic hydroxyl groups is 1. The molecular weight excluding hydrogens is 290 g/mol. The Morgan fingerprint density at radius 3 is 2.81 bits per heavy atom. The second kappa shape index (κ2) is 7.92. The maximum Gasteiger partial charge on any atom is 0.160 e. The van der Waals surface area contributed by atoms with Crippen LogP contribution in [0.5, 0.6) is 11.5 Å². The Bertz CT molecular complexity index is 574. The van der Waals surface area contributed by atoms with E-state index in [1.807, 2.05) is 6.07 Å². The van der Waals surface area contributed by atoms with Crippen molar-refractivity contribution in [2.24, 2.45) is 0 Å². The number of hydrogen-bond acceptors (Lipinski definition) is 7. The van der Waals surface area contributed by atoms with Gasteiger partial charge in [0, 0.05) is 32.2 Å². The number of nitrogens with one attached hydrogen (secondary N) is 1. The SMILES string of the molecule is COCCNCCc1nnc(-c2ccc(OC)c(O)c2)s1. The van der Waals surface area contributed by atoms with Crippen LogP contribution in [-0.2, 0) is 11.2 Å². The summed E-state index contributed by atoms with van der Waals surface area (Å²) >= 11 is 1.53. The van der Waals surface area contributed by atoms with Crippen molar-refractivity contribution in [3.05, 3.63) is 23.2 Å². The van der Waals surface area contributed by atoms with Gasteiger partial charge in [0.1, 0.15) is 10.0 Å². The third-order valence-electron chi connectivity index (χ3n) is 2.89. The average Bonchev–Trinajstić information content (AvgIpc) is 2.96. The topological polar surface area (TPSA) is 76.5 Å². The molecule has 2 aromatic rings. The number of phenols is 1. The molecule has 114 valence electrons. The normalized spacial score (nSPS) is 10.8. The minimum absolute atomic E-state index is 0.105. The molecule has 7 heteroatoms. The fourth-order valence-electron chi connectivity index (χ4n) is 1.79. The quantitative estimate of drug-likeness (QED) is 0.723. The van der Waals surface area contributed by atoms with Crippen molar-refractivity contribution in [1.29, 1.82) is 0 Å². The van der Waals surface area contributed by atoms with E-state index >= 15 is 0 Å². The van der Waals surface area contributed by atoms with Gasteiger partial charge in [-0.15, -0.1) is 10.2 Å². The summed E-state index contributed by atoms with van der Waals surface area (Å²) in [4.78, 5) is 0. The van der Waals surface area contributed by atoms with E-state index in [4.69, 9.17) is 9.47 Å². The van der Waals surface area contributed by atoms with E-state index in [0.717, 1.165) is 35.1 Å². The van der Waals surface area contributed by atoms with Crippen LogP contribution in [0, 0.1) is 0 Å². The number of methoxy groups -OCH3 is 2. The molecule has 0 aliphatic rings. The van der Waals surface area contributed by atoms with Crippen LogP contribution in [-0.4, -0.2) is 49.2 Å². The fourth-order valence-corrected chi connectivity index (χ4v) is 2.62. The van der Waals surface area contributed by atoms with Gasteiger partial charge in [-0.2, -0.15) is 0 Å². The summed E-state index contributed by atoms with van der Waals surface area (Å²) in [5.41, 5.74) is 0.837. The number of rotatable bonds is 8. The van der Waals surface area contributed by atoms with E-state index in [2.05, 4.69) is 15.5 Å². The molecule has 0 aliphatic carbocycles. The molecule has 1 aromatic heterocycles. The Balaban J connectivity index is 1.94. The largest absolute Gasteiger partial charge is 0.504 e. The van der Waals surface area contributed by atoms with Crippen molar-refractivity contribution in [2.75, 3.05) is 33.9 Å². The van der Waals surface area contributed by atoms with Crippen LogP contribution < -0.4 is 10.1 Å². The van der Waals surface area contributed by atoms with Gasteiger partial charge < -0.3 is 19.9 Å². The van der Waals surface area contributed by atoms with Gasteiger partial charge in [-0.25, -0.2) is 0 Å². The van der Waals surface area contributed by atoms with Gasteiger partial charge in [-0.1, -0.05) is 11.3 Å². The lowest BCUT2D eigenvalue weighted by atomic mass is 10.2. The van der Waals surface area contributed by atoms with Crippen LogP contribution in [0.4, 0.5) is 0 Å². The van der Waals surface area contributed by atoms with Gasteiger partial charge in [-0.05, 0) is 18.2 Å². The van der Waals surface area contributed by atoms with Gasteiger partial charge in [0.25, 0.3) is 0 Å². The Morgan fingerprint density at radius 1 is 1.24 bits per heavy atom. The van der Waals surface area contributed by atoms with Crippen molar-refractivity contribution in [2.45, 2.75) is 6.42 Å². The molecule has 0 saturated heterocycles. The highest BCUT2D eigenvalue weighted by Crippen LogP contribution is 2.32. The molecular formula is C14H19N3O3S. The first-order valence-electron chi connectivity index (χ1n) is 6.64. The molecule has 0 aliphatic heterocycles. The highest BCUT2D eigenvalue weighted by Gasteiger charge is 2.09. The first kappa shape index (κ1) is 15.7. The molecule has 2 N–H and O–H groups in total. The van der Waals surface area contributed by atoms with Gasteiger partial charge >= 0.3 is 0 Å². The summed E-state index contributed by atoms with van der Waals surface area (Å²) in [5.74, 6) is 0.554. The predicted molar refractivity (Wildman–Crippen MR) is 82.0 cm³/mol. The van der Waals surface area contributed by atoms with Crippen LogP contribution >= 0.6 is 11.3 Å². The van der Waals surface area contributed by atoms with Crippen LogP contribution in [0.25, 0.3) is 10.6 Å². The third-order valence-corrected chi connectivity index (χ3v) is 3.92. The van der Waals surface area contributed by atoms with Crippen molar-refractivity contribution >= 4 is 11.3 Å². The summed E-state index contributed by atoms with van der Waals surface area (Å²) < 4.78 is 9.99. The number of aromatic nitrogens is 2. The van der Waals surface area contributed by atoms with Gasteiger partial charge in [0.05, 0.1) is 13.7 Å². The second-order valence-corrected chi connectivity index (χ2v) is 5.44. The number of benzene rings is 1. The van der Waals surface area contributed by atoms with E-state index in [-0.39, 0.29) is 5.75 Å². The fraction of sp³-hybridized carbons (Fsp3) is 0.429. The Labute approximate surface area is 127 Å². The molecule has 2 rings (SSSR count). The molecule has 0 unspecified atom stereocenters. The van der Waals surface area contributed by atoms with Crippen molar-refractivity contribution in [3.8, 4) is 22.1 Å². The minimum Gasteiger partial charge on any atom is -0.504 e. The average molecular weight is 309 g/mol. The first-order valence-corrected chi connectivity index (χ1v) is 7.45. The third kappa shape index (κ3) is 4.38. The lowest BCUT2D eigenvalue weighted by Gasteiger charge is -2.03. The van der Waals surface area contributed by atoms with Gasteiger partial charge in [0.15, 0.2) is 11.5 Å². The number of hydrogen-bond donors (Lipinski definition) is 2. The van der Waals surface area contributed by atoms with Gasteiger partial charge in [0.2, 0.25) is 0 Å². The maximum atomic E-state index is 9.79. The molecule has 0 saturated carbocycles. The van der Waals surface area contributed by atoms with Crippen molar-refractivity contribution in [1.82, 2.24) is 15.5 Å². The lowest BCUT2D eigenvalue weighted by molar-refractivity contribution is 0.199. The Kier molecular flexibility index (Phi) is 5.91. The summed E-state index contributed by atoms with van der Waals surface area (Å²) in [5, 5.41) is 23.1. The summed E-state index contributed by atoms with van der Waals surface area (Å²) in [6.07, 6.45) is 0.823. The molecule has 0 radical (unpaired) electrons. The molecule has 1 aromatic carbocycles. The smallest absolute Gasteiger partial charge is 0.160 e. The predicted octanol–water partition coefficient (Wildman–Crippen LogP) is 1.70. The summed E-state index contributed by atoms with van der Waals surface area (Å²) in [7, 11) is 3.21. The minimum atomic E-state index is 0.105. The zero-order valence-electron chi connectivity index (χ0n) is 12.1. The second-order valence-electron chi connectivity index (χ2n) is 4.38. The van der Waals surface area contributed by atoms with E-state index in [1.54, 1.807) is 19.2 Å². The van der Waals surface area contributed by atoms with Crippen LogP contribution in [0.2, 0.25) is 0 Å². The lowest BCUT2D eigenvalue weighted by Crippen LogP contribution is -2.21. The summed E-state index contributed by atoms with van der Waals surface area (Å²) in [6.45, 7) is 2.37. The number of ether oxygens (including phenoxy) is 2. The monoisotopic (exact) mass is 309 g/mol. The Hall–Kier alpha value is -1.70. The molecule has 1 heterocycles. The van der Waals surface area contributed by atoms with E-state index < -0.39 is 0 Å². The molecule has 0 spiro atoms. The van der Waals surface area contributed by atoms with E-state index in [9.17, 15) is 5.11 Å². The highest BCUT2D eigenvalue weighted by molar-refractivity contribution is 7.14. The molecule has 6 nitrogen and oxygen atoms in total. The van der Waals surface area contributed by atoms with Crippen molar-refractivity contribution in [3.63, 3.8) is 0 Å². The summed E-state index contributed by atoms with van der Waals surface area (Å²) in [6, 6.07) is 5.22. The molecule has 21 heavy (non-hydrogen) atoms. The molecule has 0 amide bonds. The van der Waals surface area contributed by atoms with Crippen LogP contribution in [0.1, 0.15) is 5.01 Å². The molecule has 0 atom stereocenters. The highest BCUT2D eigenvalue weighted by atomic mass is 32.1. The number of phenolic OH excluding ortho intramolecular Hbond substituents is 1. The van der Waals surface area contributed by atoms with Crippen LogP contribution in [0.15, 0.2) is 18.2 Å². The molecule has 0 bridgehead atoms. The van der Waals surface area contributed by atoms with Crippen molar-refractivity contribution < 1.29 is 14.6 Å². The van der Waals surface area contributed by atoms with Crippen LogP contribution in [0.3, 0.4) is 0 Å². The maximum absolute atomic E-state index is 9.79. The Morgan fingerprint density at radius 2 is 2.10 bits per heavy atom. The molecule has 0 fully saturated rings. The number of nitrogens with zero attached hydrogens (tertiary/aromatic N) is 2. The van der Waals surface area contributed by atoms with E-state index in [0.29, 0.717) is 12.4 Å². The van der Waals surface area contributed by atoms with Gasteiger partial charge in [-0.3, -0.25) is 0 Å². The zero-order valence-corrected chi connectivity index (χ0v) is 12.9. The zero-order chi connectivity index (χ0) is 15.1. The first-order chi connectivity index (χ1) is 10.2. The standard InChI is InChI=1S/C14H19N3O3S/c1-19-8-7-15-6-5-13-16-17-14(21-13)10-3-4-12(20-2)11(18)9-10/h3-4,9,15,18H,5-8H2,1-2H3. The van der Waals surface area contributed by atoms with E-state index in [1.165, 1.54) is 18.4 Å².